The Labute approximate surface area is 54.6 Å². The summed E-state index contributed by atoms with van der Waals surface area (Å²) in [5.74, 6) is 0. The first-order chi connectivity index (χ1) is 3.72. The summed E-state index contributed by atoms with van der Waals surface area (Å²) >= 11 is 2.98. The van der Waals surface area contributed by atoms with Crippen LogP contribution in [0, 0.1) is 12.9 Å². The molecule has 0 aliphatic carbocycles. The molecule has 0 aromatic carbocycles. The fourth-order valence-corrected chi connectivity index (χ4v) is 0.586. The number of hydrogen-bond acceptors (Lipinski definition) is 1. The van der Waals surface area contributed by atoms with E-state index < -0.39 is 6.01 Å². The summed E-state index contributed by atoms with van der Waals surface area (Å²) in [5.41, 5.74) is 0.780. The number of hydrogen-bond donors (Lipinski definition) is 0. The van der Waals surface area contributed by atoms with E-state index in [9.17, 15) is 4.39 Å². The maximum atomic E-state index is 12.1. The third kappa shape index (κ3) is 0.777. The van der Waals surface area contributed by atoms with Gasteiger partial charge in [0.2, 0.25) is 0 Å². The summed E-state index contributed by atoms with van der Waals surface area (Å²) in [5, 5.41) is 0. The van der Waals surface area contributed by atoms with Crippen molar-refractivity contribution in [2.24, 2.45) is 0 Å². The molecule has 1 aromatic heterocycles. The molecule has 0 amide bonds. The van der Waals surface area contributed by atoms with Crippen LogP contribution in [-0.2, 0) is 0 Å². The number of aryl methyl sites for hydroxylation is 1. The van der Waals surface area contributed by atoms with Crippen LogP contribution in [0.1, 0.15) is 5.56 Å². The molecule has 0 spiro atoms. The van der Waals surface area contributed by atoms with Gasteiger partial charge in [-0.1, -0.05) is 0 Å². The summed E-state index contributed by atoms with van der Waals surface area (Å²) in [4.78, 5) is 0. The van der Waals surface area contributed by atoms with E-state index in [0.29, 0.717) is 4.47 Å². The van der Waals surface area contributed by atoms with Crippen molar-refractivity contribution in [3.05, 3.63) is 22.3 Å². The van der Waals surface area contributed by atoms with Crippen LogP contribution in [0.3, 0.4) is 0 Å². The monoisotopic (exact) mass is 178 g/mol. The van der Waals surface area contributed by atoms with Crippen molar-refractivity contribution < 1.29 is 8.81 Å². The smallest absolute Gasteiger partial charge is 0.292 e. The molecule has 1 nitrogen and oxygen atoms in total. The zero-order chi connectivity index (χ0) is 6.15. The normalized spacial score (nSPS) is 9.88. The van der Waals surface area contributed by atoms with Crippen molar-refractivity contribution in [2.75, 3.05) is 0 Å². The van der Waals surface area contributed by atoms with Gasteiger partial charge in [-0.3, -0.25) is 0 Å². The molecule has 0 saturated heterocycles. The van der Waals surface area contributed by atoms with Gasteiger partial charge in [-0.2, -0.15) is 4.39 Å². The first-order valence-corrected chi connectivity index (χ1v) is 2.90. The van der Waals surface area contributed by atoms with Crippen LogP contribution >= 0.6 is 15.9 Å². The molecule has 1 rings (SSSR count). The van der Waals surface area contributed by atoms with Crippen LogP contribution in [0.4, 0.5) is 4.39 Å². The molecule has 1 heterocycles. The standard InChI is InChI=1S/C5H4BrFO/c1-3-2-8-5(7)4(3)6/h2H,1H3. The Bertz CT molecular complexity index is 175. The van der Waals surface area contributed by atoms with Gasteiger partial charge in [-0.25, -0.2) is 0 Å². The Morgan fingerprint density at radius 1 is 1.75 bits per heavy atom. The Kier molecular flexibility index (Phi) is 1.38. The molecule has 3 heteroatoms. The predicted molar refractivity (Wildman–Crippen MR) is 31.1 cm³/mol. The first kappa shape index (κ1) is 5.82. The van der Waals surface area contributed by atoms with Crippen LogP contribution in [0.25, 0.3) is 0 Å². The molecular weight excluding hydrogens is 175 g/mol. The van der Waals surface area contributed by atoms with Gasteiger partial charge in [0, 0.05) is 5.56 Å². The van der Waals surface area contributed by atoms with Gasteiger partial charge in [0.05, 0.1) is 10.7 Å². The predicted octanol–water partition coefficient (Wildman–Crippen LogP) is 2.49. The molecule has 0 unspecified atom stereocenters. The lowest BCUT2D eigenvalue weighted by Gasteiger charge is -1.77. The molecule has 0 atom stereocenters. The zero-order valence-corrected chi connectivity index (χ0v) is 5.83. The van der Waals surface area contributed by atoms with Crippen molar-refractivity contribution >= 4 is 15.9 Å². The first-order valence-electron chi connectivity index (χ1n) is 2.11. The highest BCUT2D eigenvalue weighted by atomic mass is 79.9. The second-order valence-corrected chi connectivity index (χ2v) is 2.30. The van der Waals surface area contributed by atoms with Crippen LogP contribution in [0.5, 0.6) is 0 Å². The quantitative estimate of drug-likeness (QED) is 0.596. The highest BCUT2D eigenvalue weighted by Crippen LogP contribution is 2.20. The lowest BCUT2D eigenvalue weighted by atomic mass is 10.4. The van der Waals surface area contributed by atoms with Gasteiger partial charge in [0.1, 0.15) is 0 Å². The number of halogens is 2. The number of furan rings is 1. The Balaban J connectivity index is 3.19. The van der Waals surface area contributed by atoms with Gasteiger partial charge >= 0.3 is 0 Å². The third-order valence-corrected chi connectivity index (χ3v) is 1.80. The van der Waals surface area contributed by atoms with Gasteiger partial charge in [0.15, 0.2) is 0 Å². The van der Waals surface area contributed by atoms with Crippen molar-refractivity contribution in [1.29, 1.82) is 0 Å². The summed E-state index contributed by atoms with van der Waals surface area (Å²) in [6.07, 6.45) is 1.36. The molecule has 0 aliphatic rings. The van der Waals surface area contributed by atoms with Crippen LogP contribution in [0.2, 0.25) is 0 Å². The SMILES string of the molecule is Cc1coc(F)c1Br. The Morgan fingerprint density at radius 3 is 2.50 bits per heavy atom. The maximum Gasteiger partial charge on any atom is 0.292 e. The van der Waals surface area contributed by atoms with E-state index in [1.54, 1.807) is 6.92 Å². The van der Waals surface area contributed by atoms with Gasteiger partial charge < -0.3 is 4.42 Å². The zero-order valence-electron chi connectivity index (χ0n) is 4.24. The van der Waals surface area contributed by atoms with E-state index in [4.69, 9.17) is 0 Å². The molecule has 8 heavy (non-hydrogen) atoms. The molecule has 0 fully saturated rings. The highest BCUT2D eigenvalue weighted by molar-refractivity contribution is 9.10. The second-order valence-electron chi connectivity index (χ2n) is 1.51. The highest BCUT2D eigenvalue weighted by Gasteiger charge is 2.04. The van der Waals surface area contributed by atoms with Crippen LogP contribution < -0.4 is 0 Å². The van der Waals surface area contributed by atoms with Crippen molar-refractivity contribution in [1.82, 2.24) is 0 Å². The van der Waals surface area contributed by atoms with Gasteiger partial charge in [0.25, 0.3) is 6.01 Å². The van der Waals surface area contributed by atoms with E-state index >= 15 is 0 Å². The van der Waals surface area contributed by atoms with Crippen molar-refractivity contribution in [2.45, 2.75) is 6.92 Å². The molecule has 0 N–H and O–H groups in total. The lowest BCUT2D eigenvalue weighted by Crippen LogP contribution is -1.64. The van der Waals surface area contributed by atoms with Gasteiger partial charge in [-0.05, 0) is 22.9 Å². The molecule has 0 radical (unpaired) electrons. The van der Waals surface area contributed by atoms with Crippen LogP contribution in [-0.4, -0.2) is 0 Å². The fourth-order valence-electron chi connectivity index (χ4n) is 0.399. The Hall–Kier alpha value is -0.310. The maximum absolute atomic E-state index is 12.1. The van der Waals surface area contributed by atoms with E-state index in [1.807, 2.05) is 0 Å². The largest absolute Gasteiger partial charge is 0.438 e. The molecular formula is C5H4BrFO. The average molecular weight is 179 g/mol. The second kappa shape index (κ2) is 1.90. The summed E-state index contributed by atoms with van der Waals surface area (Å²) in [7, 11) is 0. The Morgan fingerprint density at radius 2 is 2.38 bits per heavy atom. The minimum absolute atomic E-state index is 0.414. The van der Waals surface area contributed by atoms with E-state index in [2.05, 4.69) is 20.3 Å². The fraction of sp³-hybridized carbons (Fsp3) is 0.200. The van der Waals surface area contributed by atoms with E-state index in [0.717, 1.165) is 5.56 Å². The molecule has 44 valence electrons. The third-order valence-electron chi connectivity index (χ3n) is 0.858. The average Bonchev–Trinajstić information content (AvgIpc) is 1.98. The van der Waals surface area contributed by atoms with Crippen molar-refractivity contribution in [3.63, 3.8) is 0 Å². The summed E-state index contributed by atoms with van der Waals surface area (Å²) in [6.45, 7) is 1.76. The van der Waals surface area contributed by atoms with Crippen molar-refractivity contribution in [3.8, 4) is 0 Å². The minimum Gasteiger partial charge on any atom is -0.438 e. The van der Waals surface area contributed by atoms with E-state index in [-0.39, 0.29) is 0 Å². The molecule has 0 saturated carbocycles. The number of rotatable bonds is 0. The summed E-state index contributed by atoms with van der Waals surface area (Å²) < 4.78 is 16.9. The topological polar surface area (TPSA) is 13.1 Å². The van der Waals surface area contributed by atoms with Crippen LogP contribution in [0.15, 0.2) is 15.2 Å². The molecule has 0 bridgehead atoms. The molecule has 1 aromatic rings. The summed E-state index contributed by atoms with van der Waals surface area (Å²) in [6, 6.07) is -0.553. The van der Waals surface area contributed by atoms with E-state index in [1.165, 1.54) is 6.26 Å². The van der Waals surface area contributed by atoms with Gasteiger partial charge in [-0.15, -0.1) is 0 Å². The minimum atomic E-state index is -0.553. The lowest BCUT2D eigenvalue weighted by molar-refractivity contribution is 0.355. The molecule has 0 aliphatic heterocycles.